The largest absolute Gasteiger partial charge is 0.481 e. The molecule has 1 aliphatic heterocycles. The first-order valence-electron chi connectivity index (χ1n) is 7.36. The van der Waals surface area contributed by atoms with Crippen molar-refractivity contribution in [3.63, 3.8) is 0 Å². The molecular weight excluding hydrogens is 342 g/mol. The molecule has 0 aromatic heterocycles. The zero-order valence-electron chi connectivity index (χ0n) is 13.4. The summed E-state index contributed by atoms with van der Waals surface area (Å²) in [5.74, 6) is -0.824. The molecule has 0 aliphatic carbocycles. The van der Waals surface area contributed by atoms with E-state index >= 15 is 0 Å². The number of carbonyl (C=O) groups is 2. The number of carboxylic acid groups (broad SMARTS) is 1. The maximum absolute atomic E-state index is 12.2. The fourth-order valence-electron chi connectivity index (χ4n) is 2.29. The van der Waals surface area contributed by atoms with E-state index in [1.807, 2.05) is 37.3 Å². The Morgan fingerprint density at radius 2 is 1.88 bits per heavy atom. The summed E-state index contributed by atoms with van der Waals surface area (Å²) in [6.45, 7) is 3.64. The van der Waals surface area contributed by atoms with Crippen LogP contribution in [0, 0.1) is 0 Å². The molecule has 24 heavy (non-hydrogen) atoms. The van der Waals surface area contributed by atoms with Crippen LogP contribution in [0.1, 0.15) is 19.4 Å². The fraction of sp³-hybridized carbons (Fsp3) is 0.167. The van der Waals surface area contributed by atoms with E-state index in [1.54, 1.807) is 4.90 Å². The molecule has 1 fully saturated rings. The van der Waals surface area contributed by atoms with Crippen LogP contribution in [0.3, 0.4) is 0 Å². The number of carbonyl (C=O) groups excluding carboxylic acids is 1. The van der Waals surface area contributed by atoms with Gasteiger partial charge in [-0.3, -0.25) is 14.5 Å². The molecule has 124 valence electrons. The maximum atomic E-state index is 12.2. The van der Waals surface area contributed by atoms with Crippen LogP contribution in [0.25, 0.3) is 16.8 Å². The van der Waals surface area contributed by atoms with Gasteiger partial charge in [0.2, 0.25) is 0 Å². The number of rotatable bonds is 2. The zero-order valence-corrected chi connectivity index (χ0v) is 15.0. The van der Waals surface area contributed by atoms with E-state index in [4.69, 9.17) is 22.1 Å². The highest BCUT2D eigenvalue weighted by Crippen LogP contribution is 2.33. The minimum absolute atomic E-state index is 0.00966. The quantitative estimate of drug-likeness (QED) is 0.645. The van der Waals surface area contributed by atoms with Crippen molar-refractivity contribution in [2.45, 2.75) is 13.8 Å². The molecule has 0 radical (unpaired) electrons. The lowest BCUT2D eigenvalue weighted by Gasteiger charge is -2.09. The second kappa shape index (κ2) is 8.08. The summed E-state index contributed by atoms with van der Waals surface area (Å²) in [5, 5.41) is 9.74. The standard InChI is InChI=1S/C16H13NOS2.C2H4O2/c1-2-17-15(18)14(20-16(17)19)10-12-8-5-7-11-6-3-4-9-13(11)12;1-2(3)4/h3-10H,2H2,1H3;1H3,(H,3,4). The van der Waals surface area contributed by atoms with Gasteiger partial charge in [0.05, 0.1) is 4.91 Å². The molecule has 0 saturated carbocycles. The first-order chi connectivity index (χ1) is 11.4. The average Bonchev–Trinajstić information content (AvgIpc) is 2.81. The van der Waals surface area contributed by atoms with Gasteiger partial charge in [0.1, 0.15) is 4.32 Å². The Labute approximate surface area is 150 Å². The van der Waals surface area contributed by atoms with E-state index in [9.17, 15) is 4.79 Å². The number of nitrogens with zero attached hydrogens (tertiary/aromatic N) is 1. The number of thiocarbonyl (C=S) groups is 1. The minimum atomic E-state index is -0.833. The Morgan fingerprint density at radius 1 is 1.25 bits per heavy atom. The smallest absolute Gasteiger partial charge is 0.300 e. The summed E-state index contributed by atoms with van der Waals surface area (Å²) in [7, 11) is 0. The van der Waals surface area contributed by atoms with Crippen LogP contribution in [-0.4, -0.2) is 32.7 Å². The molecular formula is C18H17NO3S2. The van der Waals surface area contributed by atoms with Crippen molar-refractivity contribution in [2.24, 2.45) is 0 Å². The predicted octanol–water partition coefficient (Wildman–Crippen LogP) is 4.15. The summed E-state index contributed by atoms with van der Waals surface area (Å²) in [5.41, 5.74) is 1.06. The summed E-state index contributed by atoms with van der Waals surface area (Å²) in [6, 6.07) is 14.3. The summed E-state index contributed by atoms with van der Waals surface area (Å²) >= 11 is 6.61. The second-order valence-corrected chi connectivity index (χ2v) is 6.69. The van der Waals surface area contributed by atoms with Crippen molar-refractivity contribution in [1.29, 1.82) is 0 Å². The van der Waals surface area contributed by atoms with Gasteiger partial charge in [0.25, 0.3) is 11.9 Å². The fourth-order valence-corrected chi connectivity index (χ4v) is 3.67. The number of likely N-dealkylation sites (N-methyl/N-ethyl adjacent to an activating group) is 1. The third-order valence-corrected chi connectivity index (χ3v) is 4.68. The van der Waals surface area contributed by atoms with Crippen molar-refractivity contribution in [2.75, 3.05) is 6.54 Å². The van der Waals surface area contributed by atoms with E-state index in [0.717, 1.165) is 17.9 Å². The van der Waals surface area contributed by atoms with Crippen LogP contribution < -0.4 is 0 Å². The SMILES string of the molecule is CC(=O)O.CCN1C(=O)C(=Cc2cccc3ccccc23)SC1=S. The molecule has 1 amide bonds. The zero-order chi connectivity index (χ0) is 17.7. The van der Waals surface area contributed by atoms with Gasteiger partial charge in [-0.05, 0) is 29.3 Å². The number of fused-ring (bicyclic) bond motifs is 1. The topological polar surface area (TPSA) is 57.6 Å². The number of benzene rings is 2. The van der Waals surface area contributed by atoms with Crippen LogP contribution in [0.15, 0.2) is 47.4 Å². The Balaban J connectivity index is 0.000000471. The molecule has 3 rings (SSSR count). The third kappa shape index (κ3) is 4.21. The highest BCUT2D eigenvalue weighted by molar-refractivity contribution is 8.26. The van der Waals surface area contributed by atoms with Crippen LogP contribution in [0.4, 0.5) is 0 Å². The molecule has 0 spiro atoms. The van der Waals surface area contributed by atoms with Gasteiger partial charge < -0.3 is 5.11 Å². The van der Waals surface area contributed by atoms with Crippen molar-refractivity contribution in [3.05, 3.63) is 52.9 Å². The summed E-state index contributed by atoms with van der Waals surface area (Å²) in [6.07, 6.45) is 1.94. The molecule has 0 unspecified atom stereocenters. The third-order valence-electron chi connectivity index (χ3n) is 3.30. The van der Waals surface area contributed by atoms with Gasteiger partial charge in [-0.1, -0.05) is 66.4 Å². The van der Waals surface area contributed by atoms with Crippen molar-refractivity contribution >= 4 is 57.0 Å². The summed E-state index contributed by atoms with van der Waals surface area (Å²) < 4.78 is 0.643. The van der Waals surface area contributed by atoms with Gasteiger partial charge in [-0.25, -0.2) is 0 Å². The lowest BCUT2D eigenvalue weighted by molar-refractivity contribution is -0.134. The molecule has 0 atom stereocenters. The molecule has 2 aromatic carbocycles. The number of carboxylic acids is 1. The number of aliphatic carboxylic acids is 1. The van der Waals surface area contributed by atoms with Gasteiger partial charge >= 0.3 is 0 Å². The van der Waals surface area contributed by atoms with Crippen molar-refractivity contribution in [3.8, 4) is 0 Å². The van der Waals surface area contributed by atoms with E-state index < -0.39 is 5.97 Å². The lowest BCUT2D eigenvalue weighted by atomic mass is 10.0. The minimum Gasteiger partial charge on any atom is -0.481 e. The molecule has 1 aliphatic rings. The molecule has 1 heterocycles. The van der Waals surface area contributed by atoms with Crippen LogP contribution in [0.2, 0.25) is 0 Å². The highest BCUT2D eigenvalue weighted by Gasteiger charge is 2.30. The average molecular weight is 359 g/mol. The normalized spacial score (nSPS) is 15.6. The van der Waals surface area contributed by atoms with E-state index in [-0.39, 0.29) is 5.91 Å². The van der Waals surface area contributed by atoms with E-state index in [0.29, 0.717) is 15.8 Å². The van der Waals surface area contributed by atoms with Crippen LogP contribution in [-0.2, 0) is 9.59 Å². The van der Waals surface area contributed by atoms with Gasteiger partial charge in [0, 0.05) is 13.5 Å². The van der Waals surface area contributed by atoms with Gasteiger partial charge in [-0.15, -0.1) is 0 Å². The van der Waals surface area contributed by atoms with Crippen molar-refractivity contribution in [1.82, 2.24) is 4.90 Å². The summed E-state index contributed by atoms with van der Waals surface area (Å²) in [4.78, 5) is 23.6. The molecule has 4 nitrogen and oxygen atoms in total. The molecule has 1 N–H and O–H groups in total. The molecule has 2 aromatic rings. The van der Waals surface area contributed by atoms with Crippen LogP contribution >= 0.6 is 24.0 Å². The number of amides is 1. The van der Waals surface area contributed by atoms with E-state index in [1.165, 1.54) is 17.1 Å². The van der Waals surface area contributed by atoms with E-state index in [2.05, 4.69) is 18.2 Å². The predicted molar refractivity (Wildman–Crippen MR) is 103 cm³/mol. The maximum Gasteiger partial charge on any atom is 0.300 e. The first-order valence-corrected chi connectivity index (χ1v) is 8.59. The number of hydrogen-bond donors (Lipinski definition) is 1. The van der Waals surface area contributed by atoms with Crippen molar-refractivity contribution < 1.29 is 14.7 Å². The molecule has 0 bridgehead atoms. The van der Waals surface area contributed by atoms with Gasteiger partial charge in [0.15, 0.2) is 0 Å². The lowest BCUT2D eigenvalue weighted by Crippen LogP contribution is -2.27. The highest BCUT2D eigenvalue weighted by atomic mass is 32.2. The Bertz CT molecular complexity index is 821. The Morgan fingerprint density at radius 3 is 2.50 bits per heavy atom. The number of thioether (sulfide) groups is 1. The Kier molecular flexibility index (Phi) is 6.11. The Hall–Kier alpha value is -2.18. The molecule has 6 heteroatoms. The second-order valence-electron chi connectivity index (χ2n) is 5.01. The molecule has 1 saturated heterocycles. The van der Waals surface area contributed by atoms with Gasteiger partial charge in [-0.2, -0.15) is 0 Å². The monoisotopic (exact) mass is 359 g/mol. The number of hydrogen-bond acceptors (Lipinski definition) is 4. The van der Waals surface area contributed by atoms with Crippen LogP contribution in [0.5, 0.6) is 0 Å². The first kappa shape index (κ1) is 18.2.